The number of ether oxygens (including phenoxy) is 2. The zero-order valence-electron chi connectivity index (χ0n) is 18.4. The van der Waals surface area contributed by atoms with Gasteiger partial charge < -0.3 is 25.0 Å². The molecule has 0 aromatic heterocycles. The van der Waals surface area contributed by atoms with Crippen molar-refractivity contribution in [2.45, 2.75) is 72.4 Å². The third kappa shape index (κ3) is 6.83. The largest absolute Gasteiger partial charge is 0.450 e. The third-order valence-corrected chi connectivity index (χ3v) is 5.49. The fraction of sp³-hybridized carbons (Fsp3) is 0.905. The van der Waals surface area contributed by atoms with E-state index in [1.54, 1.807) is 4.90 Å². The van der Waals surface area contributed by atoms with E-state index < -0.39 is 0 Å². The molecular weight excluding hydrogens is 356 g/mol. The number of rotatable bonds is 5. The molecule has 0 spiro atoms. The number of piperidine rings is 1. The average molecular weight is 397 g/mol. The molecule has 1 amide bonds. The highest BCUT2D eigenvalue weighted by Crippen LogP contribution is 2.34. The van der Waals surface area contributed by atoms with E-state index in [1.165, 1.54) is 6.42 Å². The first kappa shape index (κ1) is 22.8. The Hall–Kier alpha value is -1.50. The van der Waals surface area contributed by atoms with Gasteiger partial charge in [-0.25, -0.2) is 4.79 Å². The van der Waals surface area contributed by atoms with E-state index in [4.69, 9.17) is 14.5 Å². The molecule has 2 aliphatic rings. The molecule has 2 heterocycles. The lowest BCUT2D eigenvalue weighted by Crippen LogP contribution is -2.50. The quantitative estimate of drug-likeness (QED) is 0.552. The standard InChI is InChI=1S/C21H40N4O3/c1-6-22-19(23-15-16-9-8-14-28-18(16)21(3,4)5)24-17-10-12-25(13-11-17)20(26)27-7-2/h16-18H,6-15H2,1-5H3,(H2,22,23,24). The van der Waals surface area contributed by atoms with E-state index in [1.807, 2.05) is 6.92 Å². The number of guanidine groups is 1. The van der Waals surface area contributed by atoms with Crippen LogP contribution in [-0.2, 0) is 9.47 Å². The van der Waals surface area contributed by atoms with Gasteiger partial charge in [0.05, 0.1) is 12.7 Å². The highest BCUT2D eigenvalue weighted by Gasteiger charge is 2.35. The minimum atomic E-state index is -0.202. The van der Waals surface area contributed by atoms with E-state index in [0.717, 1.165) is 58.0 Å². The zero-order valence-corrected chi connectivity index (χ0v) is 18.4. The van der Waals surface area contributed by atoms with Gasteiger partial charge in [0.1, 0.15) is 0 Å². The molecule has 2 N–H and O–H groups in total. The van der Waals surface area contributed by atoms with Gasteiger partial charge in [-0.1, -0.05) is 20.8 Å². The second kappa shape index (κ2) is 10.9. The van der Waals surface area contributed by atoms with Gasteiger partial charge in [0.25, 0.3) is 0 Å². The lowest BCUT2D eigenvalue weighted by atomic mass is 9.78. The summed E-state index contributed by atoms with van der Waals surface area (Å²) in [6.07, 6.45) is 4.14. The van der Waals surface area contributed by atoms with Crippen LogP contribution in [0.3, 0.4) is 0 Å². The maximum Gasteiger partial charge on any atom is 0.409 e. The summed E-state index contributed by atoms with van der Waals surface area (Å²) >= 11 is 0. The lowest BCUT2D eigenvalue weighted by Gasteiger charge is -2.39. The van der Waals surface area contributed by atoms with Crippen molar-refractivity contribution in [2.24, 2.45) is 16.3 Å². The summed E-state index contributed by atoms with van der Waals surface area (Å²) in [4.78, 5) is 18.5. The number of aliphatic imine (C=N–C) groups is 1. The number of hydrogen-bond acceptors (Lipinski definition) is 4. The smallest absolute Gasteiger partial charge is 0.409 e. The topological polar surface area (TPSA) is 75.2 Å². The lowest BCUT2D eigenvalue weighted by molar-refractivity contribution is -0.0823. The molecule has 0 bridgehead atoms. The summed E-state index contributed by atoms with van der Waals surface area (Å²) in [6.45, 7) is 15.0. The van der Waals surface area contributed by atoms with Gasteiger partial charge in [0.2, 0.25) is 0 Å². The van der Waals surface area contributed by atoms with Gasteiger partial charge in [-0.2, -0.15) is 0 Å². The molecule has 0 saturated carbocycles. The zero-order chi connectivity index (χ0) is 20.6. The van der Waals surface area contributed by atoms with Crippen molar-refractivity contribution >= 4 is 12.1 Å². The fourth-order valence-electron chi connectivity index (χ4n) is 4.13. The molecular formula is C21H40N4O3. The van der Waals surface area contributed by atoms with E-state index in [0.29, 0.717) is 18.6 Å². The molecule has 2 atom stereocenters. The van der Waals surface area contributed by atoms with Crippen molar-refractivity contribution in [3.8, 4) is 0 Å². The number of nitrogens with one attached hydrogen (secondary N) is 2. The first-order valence-electron chi connectivity index (χ1n) is 10.9. The second-order valence-electron chi connectivity index (χ2n) is 8.88. The van der Waals surface area contributed by atoms with Gasteiger partial charge in [-0.05, 0) is 44.9 Å². The van der Waals surface area contributed by atoms with Crippen molar-refractivity contribution in [1.29, 1.82) is 0 Å². The van der Waals surface area contributed by atoms with Gasteiger partial charge in [0.15, 0.2) is 5.96 Å². The molecule has 2 aliphatic heterocycles. The van der Waals surface area contributed by atoms with E-state index >= 15 is 0 Å². The van der Waals surface area contributed by atoms with Gasteiger partial charge in [-0.15, -0.1) is 0 Å². The van der Waals surface area contributed by atoms with Crippen LogP contribution in [0.2, 0.25) is 0 Å². The summed E-state index contributed by atoms with van der Waals surface area (Å²) in [7, 11) is 0. The Morgan fingerprint density at radius 2 is 1.93 bits per heavy atom. The Balaban J connectivity index is 1.89. The van der Waals surface area contributed by atoms with Crippen LogP contribution in [0.5, 0.6) is 0 Å². The second-order valence-corrected chi connectivity index (χ2v) is 8.88. The Bertz CT molecular complexity index is 510. The molecule has 2 rings (SSSR count). The van der Waals surface area contributed by atoms with Crippen LogP contribution < -0.4 is 10.6 Å². The highest BCUT2D eigenvalue weighted by molar-refractivity contribution is 5.80. The maximum absolute atomic E-state index is 11.9. The first-order valence-corrected chi connectivity index (χ1v) is 10.9. The van der Waals surface area contributed by atoms with Crippen LogP contribution >= 0.6 is 0 Å². The van der Waals surface area contributed by atoms with Gasteiger partial charge in [0, 0.05) is 44.7 Å². The van der Waals surface area contributed by atoms with E-state index in [-0.39, 0.29) is 17.6 Å². The predicted molar refractivity (Wildman–Crippen MR) is 113 cm³/mol. The number of carbonyl (C=O) groups excluding carboxylic acids is 1. The summed E-state index contributed by atoms with van der Waals surface area (Å²) in [6, 6.07) is 0.324. The summed E-state index contributed by atoms with van der Waals surface area (Å²) in [5.74, 6) is 1.32. The summed E-state index contributed by atoms with van der Waals surface area (Å²) < 4.78 is 11.2. The van der Waals surface area contributed by atoms with Crippen LogP contribution in [0.25, 0.3) is 0 Å². The number of hydrogen-bond donors (Lipinski definition) is 2. The Morgan fingerprint density at radius 3 is 2.54 bits per heavy atom. The predicted octanol–water partition coefficient (Wildman–Crippen LogP) is 3.00. The van der Waals surface area contributed by atoms with Crippen LogP contribution in [0.1, 0.15) is 60.3 Å². The molecule has 7 heteroatoms. The van der Waals surface area contributed by atoms with Crippen LogP contribution in [0.15, 0.2) is 4.99 Å². The number of carbonyl (C=O) groups is 1. The molecule has 7 nitrogen and oxygen atoms in total. The highest BCUT2D eigenvalue weighted by atomic mass is 16.6. The Labute approximate surface area is 170 Å². The normalized spacial score (nSPS) is 24.8. The first-order chi connectivity index (χ1) is 13.3. The molecule has 2 unspecified atom stereocenters. The van der Waals surface area contributed by atoms with Crippen molar-refractivity contribution in [3.05, 3.63) is 0 Å². The van der Waals surface area contributed by atoms with Crippen molar-refractivity contribution in [1.82, 2.24) is 15.5 Å². The van der Waals surface area contributed by atoms with Gasteiger partial charge >= 0.3 is 6.09 Å². The average Bonchev–Trinajstić information content (AvgIpc) is 2.66. The molecule has 162 valence electrons. The van der Waals surface area contributed by atoms with Crippen molar-refractivity contribution in [2.75, 3.05) is 39.4 Å². The Morgan fingerprint density at radius 1 is 1.21 bits per heavy atom. The molecule has 0 radical (unpaired) electrons. The van der Waals surface area contributed by atoms with E-state index in [2.05, 4.69) is 38.3 Å². The van der Waals surface area contributed by atoms with Crippen LogP contribution in [-0.4, -0.2) is 68.5 Å². The number of likely N-dealkylation sites (tertiary alicyclic amines) is 1. The molecule has 2 fully saturated rings. The summed E-state index contributed by atoms with van der Waals surface area (Å²) in [5.41, 5.74) is 0.131. The minimum absolute atomic E-state index is 0.131. The number of amides is 1. The monoisotopic (exact) mass is 396 g/mol. The van der Waals surface area contributed by atoms with E-state index in [9.17, 15) is 4.79 Å². The summed E-state index contributed by atoms with van der Waals surface area (Å²) in [5, 5.41) is 6.93. The minimum Gasteiger partial charge on any atom is -0.450 e. The van der Waals surface area contributed by atoms with Crippen LogP contribution in [0, 0.1) is 11.3 Å². The molecule has 0 aliphatic carbocycles. The molecule has 2 saturated heterocycles. The number of nitrogens with zero attached hydrogens (tertiary/aromatic N) is 2. The molecule has 28 heavy (non-hydrogen) atoms. The van der Waals surface area contributed by atoms with Crippen molar-refractivity contribution < 1.29 is 14.3 Å². The third-order valence-electron chi connectivity index (χ3n) is 5.49. The van der Waals surface area contributed by atoms with Gasteiger partial charge in [-0.3, -0.25) is 4.99 Å². The molecule has 0 aromatic rings. The maximum atomic E-state index is 11.9. The van der Waals surface area contributed by atoms with Crippen LogP contribution in [0.4, 0.5) is 4.79 Å². The van der Waals surface area contributed by atoms with Crippen molar-refractivity contribution in [3.63, 3.8) is 0 Å². The molecule has 0 aromatic carbocycles. The SMILES string of the molecule is CCNC(=NCC1CCCOC1C(C)(C)C)NC1CCN(C(=O)OCC)CC1. The Kier molecular flexibility index (Phi) is 8.86. The fourth-order valence-corrected chi connectivity index (χ4v) is 4.13.